The SMILES string of the molecule is Cc1oc2cc(O)ccc2c(=O)c1Oc1ccc(C(C)C)cc1. The molecule has 0 bridgehead atoms. The van der Waals surface area contributed by atoms with E-state index in [9.17, 15) is 9.90 Å². The number of hydrogen-bond acceptors (Lipinski definition) is 4. The Morgan fingerprint density at radius 2 is 1.78 bits per heavy atom. The first kappa shape index (κ1) is 15.2. The molecule has 0 saturated carbocycles. The molecule has 0 fully saturated rings. The van der Waals surface area contributed by atoms with E-state index >= 15 is 0 Å². The van der Waals surface area contributed by atoms with Crippen LogP contribution in [0.2, 0.25) is 0 Å². The highest BCUT2D eigenvalue weighted by atomic mass is 16.5. The summed E-state index contributed by atoms with van der Waals surface area (Å²) in [5, 5.41) is 9.87. The van der Waals surface area contributed by atoms with Gasteiger partial charge in [-0.15, -0.1) is 0 Å². The van der Waals surface area contributed by atoms with Crippen LogP contribution in [-0.4, -0.2) is 5.11 Å². The summed E-state index contributed by atoms with van der Waals surface area (Å²) in [5.74, 6) is 1.62. The van der Waals surface area contributed by atoms with Gasteiger partial charge in [-0.2, -0.15) is 0 Å². The molecule has 2 aromatic carbocycles. The fourth-order valence-corrected chi connectivity index (χ4v) is 2.43. The van der Waals surface area contributed by atoms with Gasteiger partial charge in [0.2, 0.25) is 11.2 Å². The van der Waals surface area contributed by atoms with Gasteiger partial charge < -0.3 is 14.3 Å². The first-order valence-corrected chi connectivity index (χ1v) is 7.50. The highest BCUT2D eigenvalue weighted by Crippen LogP contribution is 2.27. The Bertz CT molecular complexity index is 905. The number of ether oxygens (including phenoxy) is 1. The van der Waals surface area contributed by atoms with Gasteiger partial charge in [0.25, 0.3) is 0 Å². The Morgan fingerprint density at radius 1 is 1.09 bits per heavy atom. The summed E-state index contributed by atoms with van der Waals surface area (Å²) in [4.78, 5) is 12.6. The third kappa shape index (κ3) is 2.93. The normalized spacial score (nSPS) is 11.1. The van der Waals surface area contributed by atoms with Gasteiger partial charge in [0, 0.05) is 6.07 Å². The minimum absolute atomic E-state index is 0.0537. The molecule has 4 nitrogen and oxygen atoms in total. The van der Waals surface area contributed by atoms with E-state index in [4.69, 9.17) is 9.15 Å². The maximum absolute atomic E-state index is 12.6. The van der Waals surface area contributed by atoms with E-state index in [0.717, 1.165) is 0 Å². The molecule has 3 aromatic rings. The van der Waals surface area contributed by atoms with Crippen LogP contribution in [0.4, 0.5) is 0 Å². The summed E-state index contributed by atoms with van der Waals surface area (Å²) in [5.41, 5.74) is 1.29. The second kappa shape index (κ2) is 5.80. The molecule has 0 atom stereocenters. The lowest BCUT2D eigenvalue weighted by Gasteiger charge is -2.10. The summed E-state index contributed by atoms with van der Waals surface area (Å²) in [6, 6.07) is 12.1. The van der Waals surface area contributed by atoms with E-state index in [0.29, 0.717) is 28.4 Å². The Kier molecular flexibility index (Phi) is 3.82. The van der Waals surface area contributed by atoms with Crippen LogP contribution >= 0.6 is 0 Å². The molecule has 0 radical (unpaired) electrons. The molecular weight excluding hydrogens is 292 g/mol. The fourth-order valence-electron chi connectivity index (χ4n) is 2.43. The van der Waals surface area contributed by atoms with Crippen LogP contribution in [-0.2, 0) is 0 Å². The molecule has 0 aliphatic heterocycles. The number of phenols is 1. The van der Waals surface area contributed by atoms with Crippen LogP contribution in [0, 0.1) is 6.92 Å². The van der Waals surface area contributed by atoms with Gasteiger partial charge in [0.15, 0.2) is 0 Å². The number of phenolic OH excluding ortho intramolecular Hbond substituents is 1. The summed E-state index contributed by atoms with van der Waals surface area (Å²) in [7, 11) is 0. The fraction of sp³-hybridized carbons (Fsp3) is 0.211. The van der Waals surface area contributed by atoms with Crippen LogP contribution in [0.3, 0.4) is 0 Å². The highest BCUT2D eigenvalue weighted by molar-refractivity contribution is 5.79. The van der Waals surface area contributed by atoms with Crippen molar-refractivity contribution in [3.05, 3.63) is 64.0 Å². The summed E-state index contributed by atoms with van der Waals surface area (Å²) in [6.07, 6.45) is 0. The van der Waals surface area contributed by atoms with Crippen LogP contribution in [0.25, 0.3) is 11.0 Å². The molecule has 0 aliphatic carbocycles. The first-order chi connectivity index (χ1) is 11.0. The van der Waals surface area contributed by atoms with Gasteiger partial charge in [-0.3, -0.25) is 4.79 Å². The van der Waals surface area contributed by atoms with E-state index in [1.165, 1.54) is 23.8 Å². The van der Waals surface area contributed by atoms with Gasteiger partial charge in [0.05, 0.1) is 5.39 Å². The lowest BCUT2D eigenvalue weighted by molar-refractivity contribution is 0.434. The van der Waals surface area contributed by atoms with Crippen LogP contribution in [0.1, 0.15) is 31.1 Å². The van der Waals surface area contributed by atoms with Crippen molar-refractivity contribution in [2.24, 2.45) is 0 Å². The monoisotopic (exact) mass is 310 g/mol. The van der Waals surface area contributed by atoms with Crippen molar-refractivity contribution in [1.29, 1.82) is 0 Å². The largest absolute Gasteiger partial charge is 0.508 e. The van der Waals surface area contributed by atoms with Crippen molar-refractivity contribution in [3.8, 4) is 17.2 Å². The number of aromatic hydroxyl groups is 1. The second-order valence-electron chi connectivity index (χ2n) is 5.82. The smallest absolute Gasteiger partial charge is 0.235 e. The molecule has 1 N–H and O–H groups in total. The molecule has 23 heavy (non-hydrogen) atoms. The summed E-state index contributed by atoms with van der Waals surface area (Å²) >= 11 is 0. The first-order valence-electron chi connectivity index (χ1n) is 7.50. The average Bonchev–Trinajstić information content (AvgIpc) is 2.51. The van der Waals surface area contributed by atoms with Crippen molar-refractivity contribution in [2.75, 3.05) is 0 Å². The van der Waals surface area contributed by atoms with Crippen molar-refractivity contribution >= 4 is 11.0 Å². The minimum atomic E-state index is -0.253. The van der Waals surface area contributed by atoms with Crippen molar-refractivity contribution in [3.63, 3.8) is 0 Å². The molecule has 0 saturated heterocycles. The van der Waals surface area contributed by atoms with Gasteiger partial charge in [-0.1, -0.05) is 26.0 Å². The Labute approximate surface area is 134 Å². The van der Waals surface area contributed by atoms with Crippen molar-refractivity contribution in [2.45, 2.75) is 26.7 Å². The second-order valence-corrected chi connectivity index (χ2v) is 5.82. The molecule has 118 valence electrons. The van der Waals surface area contributed by atoms with E-state index < -0.39 is 0 Å². The van der Waals surface area contributed by atoms with Crippen molar-refractivity contribution in [1.82, 2.24) is 0 Å². The van der Waals surface area contributed by atoms with Crippen molar-refractivity contribution < 1.29 is 14.3 Å². The lowest BCUT2D eigenvalue weighted by Crippen LogP contribution is -2.07. The maximum atomic E-state index is 12.6. The molecule has 0 aliphatic rings. The zero-order valence-electron chi connectivity index (χ0n) is 13.3. The zero-order chi connectivity index (χ0) is 16.6. The molecule has 0 unspecified atom stereocenters. The van der Waals surface area contributed by atoms with E-state index in [1.54, 1.807) is 6.92 Å². The van der Waals surface area contributed by atoms with Crippen LogP contribution < -0.4 is 10.2 Å². The minimum Gasteiger partial charge on any atom is -0.508 e. The summed E-state index contributed by atoms with van der Waals surface area (Å²) in [6.45, 7) is 5.91. The standard InChI is InChI=1S/C19H18O4/c1-11(2)13-4-7-15(8-5-13)23-19-12(3)22-17-10-14(20)6-9-16(17)18(19)21/h4-11,20H,1-3H3. The van der Waals surface area contributed by atoms with E-state index in [1.807, 2.05) is 24.3 Å². The van der Waals surface area contributed by atoms with E-state index in [2.05, 4.69) is 13.8 Å². The number of rotatable bonds is 3. The number of hydrogen-bond donors (Lipinski definition) is 1. The Morgan fingerprint density at radius 3 is 2.43 bits per heavy atom. The van der Waals surface area contributed by atoms with E-state index in [-0.39, 0.29) is 16.9 Å². The molecule has 0 amide bonds. The molecular formula is C19H18O4. The van der Waals surface area contributed by atoms with Gasteiger partial charge in [-0.25, -0.2) is 0 Å². The molecule has 4 heteroatoms. The quantitative estimate of drug-likeness (QED) is 0.760. The highest BCUT2D eigenvalue weighted by Gasteiger charge is 2.14. The van der Waals surface area contributed by atoms with Crippen LogP contribution in [0.15, 0.2) is 51.7 Å². The van der Waals surface area contributed by atoms with Gasteiger partial charge in [-0.05, 0) is 42.7 Å². The Hall–Kier alpha value is -2.75. The third-order valence-corrected chi connectivity index (χ3v) is 3.77. The number of fused-ring (bicyclic) bond motifs is 1. The molecule has 1 heterocycles. The van der Waals surface area contributed by atoms with Crippen LogP contribution in [0.5, 0.6) is 17.2 Å². The molecule has 1 aromatic heterocycles. The molecule has 0 spiro atoms. The Balaban J connectivity index is 2.03. The van der Waals surface area contributed by atoms with Gasteiger partial charge in [0.1, 0.15) is 22.8 Å². The predicted molar refractivity (Wildman–Crippen MR) is 89.5 cm³/mol. The maximum Gasteiger partial charge on any atom is 0.235 e. The van der Waals surface area contributed by atoms with Gasteiger partial charge >= 0.3 is 0 Å². The third-order valence-electron chi connectivity index (χ3n) is 3.77. The molecule has 3 rings (SSSR count). The zero-order valence-corrected chi connectivity index (χ0v) is 13.3. The summed E-state index contributed by atoms with van der Waals surface area (Å²) < 4.78 is 11.3. The number of benzene rings is 2. The predicted octanol–water partition coefficient (Wildman–Crippen LogP) is 4.72. The lowest BCUT2D eigenvalue weighted by atomic mass is 10.0. The number of aryl methyl sites for hydroxylation is 1. The topological polar surface area (TPSA) is 59.7 Å². The average molecular weight is 310 g/mol.